The lowest BCUT2D eigenvalue weighted by Gasteiger charge is -2.32. The van der Waals surface area contributed by atoms with Crippen molar-refractivity contribution in [1.82, 2.24) is 14.8 Å². The summed E-state index contributed by atoms with van der Waals surface area (Å²) in [4.78, 5) is 17.2. The van der Waals surface area contributed by atoms with Crippen LogP contribution in [-0.4, -0.2) is 20.5 Å². The Balaban J connectivity index is 1.76. The maximum absolute atomic E-state index is 12.9. The summed E-state index contributed by atoms with van der Waals surface area (Å²) in [6.07, 6.45) is 5.92. The minimum absolute atomic E-state index is 0.152. The number of aromatic nitrogens is 3. The maximum atomic E-state index is 12.9. The van der Waals surface area contributed by atoms with Crippen LogP contribution in [-0.2, 0) is 4.79 Å². The number of ketones is 1. The van der Waals surface area contributed by atoms with Crippen LogP contribution < -0.4 is 5.32 Å². The van der Waals surface area contributed by atoms with Gasteiger partial charge in [-0.05, 0) is 49.6 Å². The van der Waals surface area contributed by atoms with Crippen LogP contribution in [0.4, 0.5) is 5.82 Å². The van der Waals surface area contributed by atoms with Gasteiger partial charge < -0.3 is 5.32 Å². The number of benzene rings is 1. The van der Waals surface area contributed by atoms with E-state index in [1.165, 1.54) is 0 Å². The number of allylic oxidation sites excluding steroid dienone is 2. The van der Waals surface area contributed by atoms with Crippen molar-refractivity contribution in [2.24, 2.45) is 0 Å². The molecule has 0 bridgehead atoms. The van der Waals surface area contributed by atoms with Gasteiger partial charge in [0.05, 0.1) is 11.4 Å². The Morgan fingerprint density at radius 2 is 2.11 bits per heavy atom. The normalized spacial score (nSPS) is 18.5. The first-order valence-corrected chi connectivity index (χ1v) is 9.80. The number of rotatable bonds is 2. The van der Waals surface area contributed by atoms with Gasteiger partial charge in [0.25, 0.3) is 0 Å². The third kappa shape index (κ3) is 2.66. The molecule has 1 aromatic carbocycles. The van der Waals surface area contributed by atoms with Crippen molar-refractivity contribution < 1.29 is 4.79 Å². The van der Waals surface area contributed by atoms with Gasteiger partial charge in [0, 0.05) is 46.6 Å². The third-order valence-electron chi connectivity index (χ3n) is 5.48. The first-order chi connectivity index (χ1) is 13.6. The number of pyridine rings is 1. The summed E-state index contributed by atoms with van der Waals surface area (Å²) >= 11 is 6.22. The van der Waals surface area contributed by atoms with E-state index in [0.717, 1.165) is 52.4 Å². The Morgan fingerprint density at radius 3 is 2.89 bits per heavy atom. The van der Waals surface area contributed by atoms with Gasteiger partial charge in [-0.3, -0.25) is 9.78 Å². The van der Waals surface area contributed by atoms with Crippen molar-refractivity contribution in [3.63, 3.8) is 0 Å². The summed E-state index contributed by atoms with van der Waals surface area (Å²) in [5, 5.41) is 8.99. The van der Waals surface area contributed by atoms with Gasteiger partial charge in [0.2, 0.25) is 0 Å². The molecular formula is C22H19ClN4O. The highest BCUT2D eigenvalue weighted by Gasteiger charge is 2.38. The number of hydrogen-bond donors (Lipinski definition) is 1. The summed E-state index contributed by atoms with van der Waals surface area (Å²) in [5.41, 5.74) is 5.69. The van der Waals surface area contributed by atoms with E-state index in [0.29, 0.717) is 11.4 Å². The van der Waals surface area contributed by atoms with E-state index in [4.69, 9.17) is 16.7 Å². The Labute approximate surface area is 168 Å². The number of nitrogens with one attached hydrogen (secondary N) is 1. The molecule has 2 aliphatic rings. The molecule has 0 radical (unpaired) electrons. The molecule has 6 heteroatoms. The van der Waals surface area contributed by atoms with Gasteiger partial charge in [-0.25, -0.2) is 4.68 Å². The summed E-state index contributed by atoms with van der Waals surface area (Å²) < 4.78 is 1.89. The maximum Gasteiger partial charge on any atom is 0.161 e. The van der Waals surface area contributed by atoms with Crippen molar-refractivity contribution in [3.05, 3.63) is 81.9 Å². The minimum atomic E-state index is -0.152. The predicted octanol–water partition coefficient (Wildman–Crippen LogP) is 4.79. The fraction of sp³-hybridized carbons (Fsp3) is 0.227. The van der Waals surface area contributed by atoms with Crippen LogP contribution in [0.1, 0.15) is 42.0 Å². The van der Waals surface area contributed by atoms with Crippen molar-refractivity contribution >= 4 is 23.2 Å². The number of carbonyl (C=O) groups is 1. The molecule has 0 spiro atoms. The predicted molar refractivity (Wildman–Crippen MR) is 109 cm³/mol. The van der Waals surface area contributed by atoms with Crippen molar-refractivity contribution in [3.8, 4) is 5.69 Å². The molecule has 3 heterocycles. The molecule has 2 aromatic heterocycles. The number of anilines is 1. The number of halogens is 1. The van der Waals surface area contributed by atoms with E-state index in [9.17, 15) is 4.79 Å². The van der Waals surface area contributed by atoms with Crippen LogP contribution in [0.25, 0.3) is 5.69 Å². The highest BCUT2D eigenvalue weighted by Crippen LogP contribution is 2.47. The zero-order valence-corrected chi connectivity index (χ0v) is 16.2. The molecule has 5 nitrogen and oxygen atoms in total. The highest BCUT2D eigenvalue weighted by molar-refractivity contribution is 6.30. The molecule has 1 aliphatic carbocycles. The van der Waals surface area contributed by atoms with Crippen LogP contribution in [0.3, 0.4) is 0 Å². The second kappa shape index (κ2) is 6.60. The van der Waals surface area contributed by atoms with E-state index in [2.05, 4.69) is 10.3 Å². The van der Waals surface area contributed by atoms with E-state index in [1.54, 1.807) is 6.20 Å². The summed E-state index contributed by atoms with van der Waals surface area (Å²) in [6.45, 7) is 1.99. The van der Waals surface area contributed by atoms with Crippen LogP contribution in [0, 0.1) is 6.92 Å². The van der Waals surface area contributed by atoms with Gasteiger partial charge in [-0.1, -0.05) is 23.7 Å². The molecule has 0 amide bonds. The van der Waals surface area contributed by atoms with Crippen molar-refractivity contribution in [1.29, 1.82) is 0 Å². The average molecular weight is 391 g/mol. The van der Waals surface area contributed by atoms with Gasteiger partial charge in [0.1, 0.15) is 5.82 Å². The molecule has 3 aromatic rings. The SMILES string of the molecule is Cc1nn(-c2cccc(Cl)c2)c2c1C(c1cccnc1)C1=C(CCCC1=O)N2. The van der Waals surface area contributed by atoms with E-state index in [-0.39, 0.29) is 11.7 Å². The average Bonchev–Trinajstić information content (AvgIpc) is 3.04. The number of Topliss-reactive ketones (excluding diaryl/α,β-unsaturated/α-hetero) is 1. The molecule has 1 N–H and O–H groups in total. The minimum Gasteiger partial charge on any atom is -0.343 e. The molecule has 0 saturated carbocycles. The lowest BCUT2D eigenvalue weighted by molar-refractivity contribution is -0.116. The van der Waals surface area contributed by atoms with Crippen LogP contribution in [0.5, 0.6) is 0 Å². The number of nitrogens with zero attached hydrogens (tertiary/aromatic N) is 3. The highest BCUT2D eigenvalue weighted by atomic mass is 35.5. The third-order valence-corrected chi connectivity index (χ3v) is 5.72. The lowest BCUT2D eigenvalue weighted by Crippen LogP contribution is -2.27. The number of aryl methyl sites for hydroxylation is 1. The van der Waals surface area contributed by atoms with Gasteiger partial charge in [-0.2, -0.15) is 5.10 Å². The molecular weight excluding hydrogens is 372 g/mol. The van der Waals surface area contributed by atoms with Crippen molar-refractivity contribution in [2.75, 3.05) is 5.32 Å². The first kappa shape index (κ1) is 17.2. The largest absolute Gasteiger partial charge is 0.343 e. The summed E-state index contributed by atoms with van der Waals surface area (Å²) in [6, 6.07) is 11.6. The van der Waals surface area contributed by atoms with E-state index in [1.807, 2.05) is 54.2 Å². The molecule has 28 heavy (non-hydrogen) atoms. The van der Waals surface area contributed by atoms with Gasteiger partial charge in [-0.15, -0.1) is 0 Å². The fourth-order valence-corrected chi connectivity index (χ4v) is 4.48. The molecule has 1 unspecified atom stereocenters. The second-order valence-corrected chi connectivity index (χ2v) is 7.69. The zero-order chi connectivity index (χ0) is 19.3. The van der Waals surface area contributed by atoms with E-state index < -0.39 is 0 Å². The Kier molecular flexibility index (Phi) is 4.05. The number of fused-ring (bicyclic) bond motifs is 1. The second-order valence-electron chi connectivity index (χ2n) is 7.25. The number of carbonyl (C=O) groups excluding carboxylic acids is 1. The quantitative estimate of drug-likeness (QED) is 0.683. The summed E-state index contributed by atoms with van der Waals surface area (Å²) in [7, 11) is 0. The smallest absolute Gasteiger partial charge is 0.161 e. The first-order valence-electron chi connectivity index (χ1n) is 9.42. The molecule has 140 valence electrons. The molecule has 5 rings (SSSR count). The Hall–Kier alpha value is -2.92. The Bertz CT molecular complexity index is 1120. The fourth-order valence-electron chi connectivity index (χ4n) is 4.30. The standard InChI is InChI=1S/C22H19ClN4O/c1-13-19-20(14-5-4-10-24-12-14)21-17(8-3-9-18(21)28)25-22(19)27(26-13)16-7-2-6-15(23)11-16/h2,4-7,10-12,20,25H,3,8-9H2,1H3. The number of hydrogen-bond acceptors (Lipinski definition) is 4. The van der Waals surface area contributed by atoms with Crippen LogP contribution in [0.2, 0.25) is 5.02 Å². The van der Waals surface area contributed by atoms with E-state index >= 15 is 0 Å². The molecule has 0 fully saturated rings. The molecule has 1 aliphatic heterocycles. The topological polar surface area (TPSA) is 59.8 Å². The lowest BCUT2D eigenvalue weighted by atomic mass is 9.76. The van der Waals surface area contributed by atoms with Crippen LogP contribution in [0.15, 0.2) is 60.1 Å². The molecule has 0 saturated heterocycles. The molecule has 1 atom stereocenters. The van der Waals surface area contributed by atoms with Gasteiger partial charge in [0.15, 0.2) is 5.78 Å². The summed E-state index contributed by atoms with van der Waals surface area (Å²) in [5.74, 6) is 0.964. The van der Waals surface area contributed by atoms with Crippen LogP contribution >= 0.6 is 11.6 Å². The zero-order valence-electron chi connectivity index (χ0n) is 15.4. The van der Waals surface area contributed by atoms with Gasteiger partial charge >= 0.3 is 0 Å². The monoisotopic (exact) mass is 390 g/mol. The Morgan fingerprint density at radius 1 is 1.21 bits per heavy atom. The van der Waals surface area contributed by atoms with Crippen molar-refractivity contribution in [2.45, 2.75) is 32.1 Å².